The topological polar surface area (TPSA) is 66.8 Å². The molecule has 6 heteroatoms. The summed E-state index contributed by atoms with van der Waals surface area (Å²) in [6.45, 7) is 2.39. The Hall–Kier alpha value is -1.85. The lowest BCUT2D eigenvalue weighted by Crippen LogP contribution is -2.37. The number of hydrogen-bond acceptors (Lipinski definition) is 4. The van der Waals surface area contributed by atoms with Gasteiger partial charge in [0.15, 0.2) is 11.5 Å². The van der Waals surface area contributed by atoms with E-state index >= 15 is 0 Å². The molecule has 1 aromatic carbocycles. The third-order valence-electron chi connectivity index (χ3n) is 4.29. The summed E-state index contributed by atoms with van der Waals surface area (Å²) in [6, 6.07) is 6.35. The average Bonchev–Trinajstić information content (AvgIpc) is 3.10. The number of ketones is 1. The first-order valence-corrected chi connectivity index (χ1v) is 7.99. The summed E-state index contributed by atoms with van der Waals surface area (Å²) in [5.41, 5.74) is 0.880. The SMILES string of the molecule is CC(=O)C1=C(O)C(=O)N(C[C@@H]2CCCO2)[C@@H]1c1ccc(Cl)cc1. The summed E-state index contributed by atoms with van der Waals surface area (Å²) >= 11 is 5.92. The number of amides is 1. The Kier molecular flexibility index (Phi) is 4.41. The van der Waals surface area contributed by atoms with E-state index in [-0.39, 0.29) is 17.5 Å². The van der Waals surface area contributed by atoms with Gasteiger partial charge < -0.3 is 14.7 Å². The van der Waals surface area contributed by atoms with Crippen LogP contribution in [0.3, 0.4) is 0 Å². The third-order valence-corrected chi connectivity index (χ3v) is 4.55. The van der Waals surface area contributed by atoms with Crippen molar-refractivity contribution in [3.05, 3.63) is 46.2 Å². The van der Waals surface area contributed by atoms with Gasteiger partial charge in [0.1, 0.15) is 0 Å². The summed E-state index contributed by atoms with van der Waals surface area (Å²) in [7, 11) is 0. The molecule has 0 aromatic heterocycles. The van der Waals surface area contributed by atoms with Gasteiger partial charge in [0, 0.05) is 18.2 Å². The van der Waals surface area contributed by atoms with Gasteiger partial charge in [-0.05, 0) is 37.5 Å². The zero-order valence-electron chi connectivity index (χ0n) is 12.8. The molecule has 0 spiro atoms. The van der Waals surface area contributed by atoms with E-state index in [2.05, 4.69) is 0 Å². The van der Waals surface area contributed by atoms with E-state index in [0.29, 0.717) is 18.2 Å². The van der Waals surface area contributed by atoms with Gasteiger partial charge in [0.05, 0.1) is 17.7 Å². The Morgan fingerprint density at radius 2 is 2.09 bits per heavy atom. The van der Waals surface area contributed by atoms with Crippen molar-refractivity contribution in [2.45, 2.75) is 31.9 Å². The molecular formula is C17H18ClNO4. The van der Waals surface area contributed by atoms with Crippen molar-refractivity contribution < 1.29 is 19.4 Å². The average molecular weight is 336 g/mol. The molecule has 2 heterocycles. The molecule has 2 atom stereocenters. The van der Waals surface area contributed by atoms with Crippen LogP contribution in [0.1, 0.15) is 31.4 Å². The van der Waals surface area contributed by atoms with Crippen molar-refractivity contribution in [2.24, 2.45) is 0 Å². The van der Waals surface area contributed by atoms with Crippen LogP contribution in [0.25, 0.3) is 0 Å². The summed E-state index contributed by atoms with van der Waals surface area (Å²) in [6.07, 6.45) is 1.76. The van der Waals surface area contributed by atoms with Crippen molar-refractivity contribution in [3.63, 3.8) is 0 Å². The number of nitrogens with zero attached hydrogens (tertiary/aromatic N) is 1. The van der Waals surface area contributed by atoms with Crippen LogP contribution >= 0.6 is 11.6 Å². The first-order valence-electron chi connectivity index (χ1n) is 7.61. The Bertz CT molecular complexity index is 662. The van der Waals surface area contributed by atoms with Gasteiger partial charge in [0.2, 0.25) is 0 Å². The summed E-state index contributed by atoms with van der Waals surface area (Å²) in [4.78, 5) is 25.9. The molecule has 0 aliphatic carbocycles. The van der Waals surface area contributed by atoms with Crippen molar-refractivity contribution in [3.8, 4) is 0 Å². The van der Waals surface area contributed by atoms with Crippen molar-refractivity contribution in [1.29, 1.82) is 0 Å². The Balaban J connectivity index is 1.98. The van der Waals surface area contributed by atoms with Gasteiger partial charge in [-0.1, -0.05) is 23.7 Å². The number of rotatable bonds is 4. The molecule has 1 amide bonds. The minimum atomic E-state index is -0.596. The molecular weight excluding hydrogens is 318 g/mol. The molecule has 1 N–H and O–H groups in total. The Labute approximate surface area is 139 Å². The van der Waals surface area contributed by atoms with Crippen LogP contribution in [-0.2, 0) is 14.3 Å². The first-order chi connectivity index (χ1) is 11.0. The molecule has 0 unspecified atom stereocenters. The van der Waals surface area contributed by atoms with Crippen LogP contribution in [0.15, 0.2) is 35.6 Å². The second kappa shape index (κ2) is 6.34. The Morgan fingerprint density at radius 3 is 2.65 bits per heavy atom. The van der Waals surface area contributed by atoms with E-state index in [1.54, 1.807) is 24.3 Å². The minimum absolute atomic E-state index is 0.0622. The van der Waals surface area contributed by atoms with Crippen LogP contribution in [0.2, 0.25) is 5.02 Å². The fourth-order valence-electron chi connectivity index (χ4n) is 3.20. The molecule has 122 valence electrons. The number of aliphatic hydroxyl groups excluding tert-OH is 1. The first kappa shape index (κ1) is 16.0. The molecule has 0 bridgehead atoms. The van der Waals surface area contributed by atoms with Gasteiger partial charge in [-0.25, -0.2) is 0 Å². The van der Waals surface area contributed by atoms with Crippen molar-refractivity contribution in [1.82, 2.24) is 4.90 Å². The second-order valence-electron chi connectivity index (χ2n) is 5.87. The number of hydrogen-bond donors (Lipinski definition) is 1. The number of aliphatic hydroxyl groups is 1. The maximum atomic E-state index is 12.4. The predicted octanol–water partition coefficient (Wildman–Crippen LogP) is 2.80. The summed E-state index contributed by atoms with van der Waals surface area (Å²) in [5, 5.41) is 10.7. The fraction of sp³-hybridized carbons (Fsp3) is 0.412. The van der Waals surface area contributed by atoms with Crippen LogP contribution in [0, 0.1) is 0 Å². The highest BCUT2D eigenvalue weighted by Crippen LogP contribution is 2.38. The molecule has 1 fully saturated rings. The van der Waals surface area contributed by atoms with Crippen LogP contribution in [-0.4, -0.2) is 41.0 Å². The Morgan fingerprint density at radius 1 is 1.39 bits per heavy atom. The van der Waals surface area contributed by atoms with Crippen LogP contribution < -0.4 is 0 Å². The number of carbonyl (C=O) groups is 2. The summed E-state index contributed by atoms with van der Waals surface area (Å²) < 4.78 is 5.60. The second-order valence-corrected chi connectivity index (χ2v) is 6.30. The number of Topliss-reactive ketones (excluding diaryl/α,β-unsaturated/α-hetero) is 1. The zero-order chi connectivity index (χ0) is 16.6. The van der Waals surface area contributed by atoms with E-state index in [0.717, 1.165) is 18.4 Å². The van der Waals surface area contributed by atoms with Crippen LogP contribution in [0.4, 0.5) is 0 Å². The van der Waals surface area contributed by atoms with Gasteiger partial charge in [-0.2, -0.15) is 0 Å². The lowest BCUT2D eigenvalue weighted by Gasteiger charge is -2.28. The quantitative estimate of drug-likeness (QED) is 0.918. The molecule has 2 aliphatic rings. The smallest absolute Gasteiger partial charge is 0.290 e. The zero-order valence-corrected chi connectivity index (χ0v) is 13.5. The summed E-state index contributed by atoms with van der Waals surface area (Å²) in [5.74, 6) is -1.30. The third kappa shape index (κ3) is 2.99. The van der Waals surface area contributed by atoms with E-state index in [4.69, 9.17) is 16.3 Å². The maximum Gasteiger partial charge on any atom is 0.290 e. The molecule has 1 saturated heterocycles. The van der Waals surface area contributed by atoms with Gasteiger partial charge in [-0.3, -0.25) is 9.59 Å². The highest BCUT2D eigenvalue weighted by Gasteiger charge is 2.43. The van der Waals surface area contributed by atoms with Crippen LogP contribution in [0.5, 0.6) is 0 Å². The van der Waals surface area contributed by atoms with Crippen molar-refractivity contribution in [2.75, 3.05) is 13.2 Å². The predicted molar refractivity (Wildman–Crippen MR) is 85.2 cm³/mol. The molecule has 23 heavy (non-hydrogen) atoms. The molecule has 5 nitrogen and oxygen atoms in total. The fourth-order valence-corrected chi connectivity index (χ4v) is 3.33. The van der Waals surface area contributed by atoms with E-state index in [9.17, 15) is 14.7 Å². The number of benzene rings is 1. The number of halogens is 1. The number of carbonyl (C=O) groups excluding carboxylic acids is 2. The van der Waals surface area contributed by atoms with Crippen molar-refractivity contribution >= 4 is 23.3 Å². The van der Waals surface area contributed by atoms with E-state index in [1.807, 2.05) is 0 Å². The van der Waals surface area contributed by atoms with E-state index < -0.39 is 17.7 Å². The lowest BCUT2D eigenvalue weighted by molar-refractivity contribution is -0.131. The highest BCUT2D eigenvalue weighted by atomic mass is 35.5. The van der Waals surface area contributed by atoms with Gasteiger partial charge in [0.25, 0.3) is 5.91 Å². The molecule has 2 aliphatic heterocycles. The maximum absolute atomic E-state index is 12.4. The molecule has 3 rings (SSSR count). The monoisotopic (exact) mass is 335 g/mol. The van der Waals surface area contributed by atoms with E-state index in [1.165, 1.54) is 11.8 Å². The molecule has 0 saturated carbocycles. The molecule has 0 radical (unpaired) electrons. The number of ether oxygens (including phenoxy) is 1. The minimum Gasteiger partial charge on any atom is -0.503 e. The largest absolute Gasteiger partial charge is 0.503 e. The standard InChI is InChI=1S/C17H18ClNO4/c1-10(20)14-15(11-4-6-12(18)7-5-11)19(17(22)16(14)21)9-13-3-2-8-23-13/h4-7,13,15,21H,2-3,8-9H2,1H3/t13-,15+/m0/s1. The van der Waals surface area contributed by atoms with Gasteiger partial charge >= 0.3 is 0 Å². The van der Waals surface area contributed by atoms with Gasteiger partial charge in [-0.15, -0.1) is 0 Å². The molecule has 1 aromatic rings. The normalized spacial score (nSPS) is 24.6. The lowest BCUT2D eigenvalue weighted by atomic mass is 9.96. The highest BCUT2D eigenvalue weighted by molar-refractivity contribution is 6.30.